The van der Waals surface area contributed by atoms with E-state index >= 15 is 0 Å². The molecule has 6 nitrogen and oxygen atoms in total. The molecule has 0 atom stereocenters. The lowest BCUT2D eigenvalue weighted by atomic mass is 10.1. The Hall–Kier alpha value is -3.51. The molecule has 3 aromatic carbocycles. The van der Waals surface area contributed by atoms with Gasteiger partial charge in [0.15, 0.2) is 0 Å². The van der Waals surface area contributed by atoms with Gasteiger partial charge in [0.1, 0.15) is 23.7 Å². The maximum absolute atomic E-state index is 12.8. The van der Waals surface area contributed by atoms with Gasteiger partial charge in [0.05, 0.1) is 25.4 Å². The van der Waals surface area contributed by atoms with Crippen molar-refractivity contribution in [1.82, 2.24) is 9.78 Å². The number of fused-ring (bicyclic) bond motifs is 1. The Labute approximate surface area is 179 Å². The molecule has 0 aliphatic rings. The van der Waals surface area contributed by atoms with Gasteiger partial charge in [-0.1, -0.05) is 41.9 Å². The molecule has 0 radical (unpaired) electrons. The van der Waals surface area contributed by atoms with E-state index in [1.807, 2.05) is 42.5 Å². The van der Waals surface area contributed by atoms with Gasteiger partial charge in [-0.05, 0) is 30.3 Å². The van der Waals surface area contributed by atoms with E-state index in [1.165, 1.54) is 0 Å². The lowest BCUT2D eigenvalue weighted by molar-refractivity contribution is -0.116. The Balaban J connectivity index is 1.65. The van der Waals surface area contributed by atoms with Crippen LogP contribution in [0.5, 0.6) is 11.5 Å². The van der Waals surface area contributed by atoms with E-state index in [1.54, 1.807) is 43.2 Å². The number of ether oxygens (including phenoxy) is 2. The van der Waals surface area contributed by atoms with Gasteiger partial charge in [-0.3, -0.25) is 9.48 Å². The Morgan fingerprint density at radius 1 is 1.03 bits per heavy atom. The number of carbonyl (C=O) groups is 1. The van der Waals surface area contributed by atoms with E-state index < -0.39 is 0 Å². The van der Waals surface area contributed by atoms with Crippen molar-refractivity contribution >= 4 is 34.1 Å². The van der Waals surface area contributed by atoms with E-state index in [2.05, 4.69) is 5.32 Å². The summed E-state index contributed by atoms with van der Waals surface area (Å²) in [6.07, 6.45) is 0. The molecule has 152 valence electrons. The number of nitrogens with zero attached hydrogens (tertiary/aromatic N) is 2. The second-order valence-corrected chi connectivity index (χ2v) is 7.08. The standard InChI is InChI=1S/C23H20ClN3O3/c1-29-17-9-10-19(21(13-17)30-2)25-22(28)14-27-20-11-8-16(24)12-18(20)23(26-27)15-6-4-3-5-7-15/h3-13H,14H2,1-2H3,(H,25,28). The van der Waals surface area contributed by atoms with Gasteiger partial charge in [0, 0.05) is 22.0 Å². The summed E-state index contributed by atoms with van der Waals surface area (Å²) in [4.78, 5) is 12.8. The molecular formula is C23H20ClN3O3. The van der Waals surface area contributed by atoms with E-state index in [9.17, 15) is 4.79 Å². The molecule has 0 unspecified atom stereocenters. The van der Waals surface area contributed by atoms with Crippen molar-refractivity contribution in [1.29, 1.82) is 0 Å². The monoisotopic (exact) mass is 421 g/mol. The van der Waals surface area contributed by atoms with Crippen LogP contribution < -0.4 is 14.8 Å². The minimum atomic E-state index is -0.225. The molecule has 7 heteroatoms. The number of hydrogen-bond acceptors (Lipinski definition) is 4. The van der Waals surface area contributed by atoms with Crippen molar-refractivity contribution in [3.63, 3.8) is 0 Å². The number of nitrogens with one attached hydrogen (secondary N) is 1. The van der Waals surface area contributed by atoms with Crippen molar-refractivity contribution in [2.45, 2.75) is 6.54 Å². The molecule has 0 aliphatic heterocycles. The second kappa shape index (κ2) is 8.47. The van der Waals surface area contributed by atoms with Crippen LogP contribution in [0.4, 0.5) is 5.69 Å². The molecule has 4 rings (SSSR count). The molecule has 0 saturated heterocycles. The molecule has 0 fully saturated rings. The molecule has 1 amide bonds. The van der Waals surface area contributed by atoms with Gasteiger partial charge < -0.3 is 14.8 Å². The summed E-state index contributed by atoms with van der Waals surface area (Å²) in [6, 6.07) is 20.6. The number of carbonyl (C=O) groups excluding carboxylic acids is 1. The number of benzene rings is 3. The summed E-state index contributed by atoms with van der Waals surface area (Å²) in [5.74, 6) is 0.939. The number of hydrogen-bond donors (Lipinski definition) is 1. The number of anilines is 1. The van der Waals surface area contributed by atoms with E-state index in [4.69, 9.17) is 26.2 Å². The first kappa shape index (κ1) is 19.8. The summed E-state index contributed by atoms with van der Waals surface area (Å²) in [5.41, 5.74) is 3.13. The molecule has 0 aliphatic carbocycles. The fraction of sp³-hybridized carbons (Fsp3) is 0.130. The maximum atomic E-state index is 12.8. The van der Waals surface area contributed by atoms with Crippen molar-refractivity contribution in [3.05, 3.63) is 71.8 Å². The van der Waals surface area contributed by atoms with Crippen LogP contribution in [-0.4, -0.2) is 29.9 Å². The van der Waals surface area contributed by atoms with Gasteiger partial charge in [0.25, 0.3) is 0 Å². The SMILES string of the molecule is COc1ccc(NC(=O)Cn2nc(-c3ccccc3)c3cc(Cl)ccc32)c(OC)c1. The average Bonchev–Trinajstić information content (AvgIpc) is 3.11. The largest absolute Gasteiger partial charge is 0.497 e. The number of methoxy groups -OCH3 is 2. The van der Waals surface area contributed by atoms with Crippen molar-refractivity contribution in [3.8, 4) is 22.8 Å². The molecule has 4 aromatic rings. The van der Waals surface area contributed by atoms with Crippen molar-refractivity contribution in [2.75, 3.05) is 19.5 Å². The zero-order chi connectivity index (χ0) is 21.1. The minimum absolute atomic E-state index is 0.0418. The summed E-state index contributed by atoms with van der Waals surface area (Å²) in [7, 11) is 3.12. The van der Waals surface area contributed by atoms with Crippen LogP contribution in [-0.2, 0) is 11.3 Å². The quantitative estimate of drug-likeness (QED) is 0.475. The van der Waals surface area contributed by atoms with Gasteiger partial charge in [0.2, 0.25) is 5.91 Å². The Kier molecular flexibility index (Phi) is 5.59. The average molecular weight is 422 g/mol. The first-order valence-corrected chi connectivity index (χ1v) is 9.70. The molecule has 30 heavy (non-hydrogen) atoms. The topological polar surface area (TPSA) is 65.4 Å². The fourth-order valence-corrected chi connectivity index (χ4v) is 3.48. The van der Waals surface area contributed by atoms with E-state index in [0.29, 0.717) is 22.2 Å². The summed E-state index contributed by atoms with van der Waals surface area (Å²) in [6.45, 7) is 0.0418. The fourth-order valence-electron chi connectivity index (χ4n) is 3.31. The molecule has 0 spiro atoms. The van der Waals surface area contributed by atoms with Crippen LogP contribution in [0.1, 0.15) is 0 Å². The first-order valence-electron chi connectivity index (χ1n) is 9.32. The van der Waals surface area contributed by atoms with Crippen molar-refractivity contribution < 1.29 is 14.3 Å². The Bertz CT molecular complexity index is 1210. The highest BCUT2D eigenvalue weighted by molar-refractivity contribution is 6.31. The highest BCUT2D eigenvalue weighted by atomic mass is 35.5. The number of rotatable bonds is 6. The summed E-state index contributed by atoms with van der Waals surface area (Å²) in [5, 5.41) is 9.09. The first-order chi connectivity index (χ1) is 14.6. The highest BCUT2D eigenvalue weighted by Crippen LogP contribution is 2.31. The predicted octanol–water partition coefficient (Wildman–Crippen LogP) is 5.01. The number of amides is 1. The Morgan fingerprint density at radius 2 is 1.83 bits per heavy atom. The molecule has 1 aromatic heterocycles. The molecule has 0 bridgehead atoms. The minimum Gasteiger partial charge on any atom is -0.497 e. The van der Waals surface area contributed by atoms with Crippen LogP contribution in [0.25, 0.3) is 22.2 Å². The highest BCUT2D eigenvalue weighted by Gasteiger charge is 2.16. The predicted molar refractivity (Wildman–Crippen MR) is 118 cm³/mol. The molecule has 1 heterocycles. The second-order valence-electron chi connectivity index (χ2n) is 6.65. The summed E-state index contributed by atoms with van der Waals surface area (Å²) >= 11 is 6.22. The van der Waals surface area contributed by atoms with Crippen molar-refractivity contribution in [2.24, 2.45) is 0 Å². The zero-order valence-electron chi connectivity index (χ0n) is 16.6. The van der Waals surface area contributed by atoms with Gasteiger partial charge in [-0.2, -0.15) is 5.10 Å². The third kappa shape index (κ3) is 3.95. The summed E-state index contributed by atoms with van der Waals surface area (Å²) < 4.78 is 12.2. The van der Waals surface area contributed by atoms with Crippen LogP contribution in [0.15, 0.2) is 66.7 Å². The lowest BCUT2D eigenvalue weighted by Gasteiger charge is -2.12. The molecular weight excluding hydrogens is 402 g/mol. The van der Waals surface area contributed by atoms with Gasteiger partial charge >= 0.3 is 0 Å². The van der Waals surface area contributed by atoms with Gasteiger partial charge in [-0.15, -0.1) is 0 Å². The van der Waals surface area contributed by atoms with E-state index in [-0.39, 0.29) is 12.5 Å². The van der Waals surface area contributed by atoms with Crippen LogP contribution >= 0.6 is 11.6 Å². The van der Waals surface area contributed by atoms with Crippen LogP contribution in [0, 0.1) is 0 Å². The lowest BCUT2D eigenvalue weighted by Crippen LogP contribution is -2.19. The van der Waals surface area contributed by atoms with Crippen LogP contribution in [0.2, 0.25) is 5.02 Å². The maximum Gasteiger partial charge on any atom is 0.246 e. The molecule has 1 N–H and O–H groups in total. The number of aromatic nitrogens is 2. The van der Waals surface area contributed by atoms with Crippen LogP contribution in [0.3, 0.4) is 0 Å². The Morgan fingerprint density at radius 3 is 2.57 bits per heavy atom. The zero-order valence-corrected chi connectivity index (χ0v) is 17.3. The van der Waals surface area contributed by atoms with Gasteiger partial charge in [-0.25, -0.2) is 0 Å². The normalized spacial score (nSPS) is 10.8. The third-order valence-electron chi connectivity index (χ3n) is 4.74. The molecule has 0 saturated carbocycles. The third-order valence-corrected chi connectivity index (χ3v) is 4.97. The number of halogens is 1. The van der Waals surface area contributed by atoms with E-state index in [0.717, 1.165) is 22.2 Å². The smallest absolute Gasteiger partial charge is 0.246 e.